The summed E-state index contributed by atoms with van der Waals surface area (Å²) < 4.78 is 37.9. The van der Waals surface area contributed by atoms with Gasteiger partial charge in [-0.2, -0.15) is 18.4 Å². The number of nitriles is 1. The van der Waals surface area contributed by atoms with Crippen molar-refractivity contribution in [2.75, 3.05) is 5.32 Å². The molecule has 3 nitrogen and oxygen atoms in total. The summed E-state index contributed by atoms with van der Waals surface area (Å²) in [6.07, 6.45) is -1.44. The second-order valence-electron chi connectivity index (χ2n) is 3.73. The van der Waals surface area contributed by atoms with Gasteiger partial charge in [0.1, 0.15) is 6.07 Å². The van der Waals surface area contributed by atoms with E-state index in [0.29, 0.717) is 5.69 Å². The lowest BCUT2D eigenvalue weighted by Gasteiger charge is -2.12. The summed E-state index contributed by atoms with van der Waals surface area (Å²) >= 11 is 0. The Morgan fingerprint density at radius 3 is 2.37 bits per heavy atom. The highest BCUT2D eigenvalue weighted by Crippen LogP contribution is 2.32. The van der Waals surface area contributed by atoms with Gasteiger partial charge < -0.3 is 5.32 Å². The van der Waals surface area contributed by atoms with E-state index in [9.17, 15) is 13.2 Å². The highest BCUT2D eigenvalue weighted by molar-refractivity contribution is 5.67. The summed E-state index contributed by atoms with van der Waals surface area (Å²) in [4.78, 5) is 3.80. The van der Waals surface area contributed by atoms with Crippen molar-refractivity contribution < 1.29 is 13.2 Å². The molecule has 0 bridgehead atoms. The van der Waals surface area contributed by atoms with Crippen LogP contribution in [0.5, 0.6) is 0 Å². The van der Waals surface area contributed by atoms with Crippen molar-refractivity contribution in [2.45, 2.75) is 6.18 Å². The van der Waals surface area contributed by atoms with Gasteiger partial charge in [0.25, 0.3) is 0 Å². The Kier molecular flexibility index (Phi) is 3.38. The van der Waals surface area contributed by atoms with Crippen LogP contribution >= 0.6 is 0 Å². The summed E-state index contributed by atoms with van der Waals surface area (Å²) in [6, 6.07) is 7.99. The number of nitrogens with zero attached hydrogens (tertiary/aromatic N) is 2. The fourth-order valence-electron chi connectivity index (χ4n) is 1.51. The maximum Gasteiger partial charge on any atom is 0.416 e. The van der Waals surface area contributed by atoms with Gasteiger partial charge in [0.05, 0.1) is 16.8 Å². The number of hydrogen-bond acceptors (Lipinski definition) is 3. The van der Waals surface area contributed by atoms with Gasteiger partial charge in [0.15, 0.2) is 0 Å². The van der Waals surface area contributed by atoms with Gasteiger partial charge >= 0.3 is 6.18 Å². The largest absolute Gasteiger partial charge is 0.416 e. The number of halogens is 3. The molecule has 2 aromatic rings. The number of aromatic nitrogens is 1. The monoisotopic (exact) mass is 263 g/mol. The van der Waals surface area contributed by atoms with Crippen molar-refractivity contribution in [3.05, 3.63) is 53.9 Å². The molecule has 0 aliphatic carbocycles. The molecule has 0 amide bonds. The van der Waals surface area contributed by atoms with Crippen LogP contribution in [0.1, 0.15) is 11.1 Å². The SMILES string of the molecule is N#Cc1ccc(C(F)(F)F)cc1Nc1ccncc1. The van der Waals surface area contributed by atoms with Crippen LogP contribution in [0.4, 0.5) is 24.5 Å². The predicted molar refractivity (Wildman–Crippen MR) is 63.7 cm³/mol. The lowest BCUT2D eigenvalue weighted by atomic mass is 10.1. The third kappa shape index (κ3) is 3.01. The molecular formula is C13H8F3N3. The number of anilines is 2. The van der Waals surface area contributed by atoms with E-state index in [0.717, 1.165) is 18.2 Å². The Bertz CT molecular complexity index is 615. The summed E-state index contributed by atoms with van der Waals surface area (Å²) in [5, 5.41) is 11.7. The summed E-state index contributed by atoms with van der Waals surface area (Å²) in [5.74, 6) is 0. The van der Waals surface area contributed by atoms with E-state index < -0.39 is 11.7 Å². The number of pyridine rings is 1. The summed E-state index contributed by atoms with van der Waals surface area (Å²) in [6.45, 7) is 0. The molecule has 0 aliphatic heterocycles. The molecule has 0 saturated carbocycles. The molecule has 1 heterocycles. The van der Waals surface area contributed by atoms with Gasteiger partial charge in [-0.3, -0.25) is 4.98 Å². The summed E-state index contributed by atoms with van der Waals surface area (Å²) in [5.41, 5.74) is 0.0159. The normalized spacial score (nSPS) is 10.8. The molecule has 19 heavy (non-hydrogen) atoms. The minimum absolute atomic E-state index is 0.114. The van der Waals surface area contributed by atoms with Gasteiger partial charge in [0.2, 0.25) is 0 Å². The van der Waals surface area contributed by atoms with Crippen LogP contribution in [0, 0.1) is 11.3 Å². The zero-order valence-corrected chi connectivity index (χ0v) is 9.57. The van der Waals surface area contributed by atoms with E-state index >= 15 is 0 Å². The van der Waals surface area contributed by atoms with Gasteiger partial charge in [-0.25, -0.2) is 0 Å². The highest BCUT2D eigenvalue weighted by atomic mass is 19.4. The molecule has 1 N–H and O–H groups in total. The average molecular weight is 263 g/mol. The molecular weight excluding hydrogens is 255 g/mol. The number of benzene rings is 1. The van der Waals surface area contributed by atoms with Crippen LogP contribution in [-0.2, 0) is 6.18 Å². The highest BCUT2D eigenvalue weighted by Gasteiger charge is 2.31. The fraction of sp³-hybridized carbons (Fsp3) is 0.0769. The van der Waals surface area contributed by atoms with Crippen LogP contribution in [0.15, 0.2) is 42.7 Å². The minimum Gasteiger partial charge on any atom is -0.354 e. The van der Waals surface area contributed by atoms with Crippen LogP contribution in [0.2, 0.25) is 0 Å². The van der Waals surface area contributed by atoms with Gasteiger partial charge in [-0.15, -0.1) is 0 Å². The lowest BCUT2D eigenvalue weighted by molar-refractivity contribution is -0.137. The first-order valence-corrected chi connectivity index (χ1v) is 5.29. The van der Waals surface area contributed by atoms with Gasteiger partial charge in [0, 0.05) is 18.1 Å². The van der Waals surface area contributed by atoms with Crippen LogP contribution in [0.25, 0.3) is 0 Å². The molecule has 0 fully saturated rings. The maximum absolute atomic E-state index is 12.6. The van der Waals surface area contributed by atoms with Gasteiger partial charge in [-0.1, -0.05) is 0 Å². The Hall–Kier alpha value is -2.55. The molecule has 2 rings (SSSR count). The lowest BCUT2D eigenvalue weighted by Crippen LogP contribution is -2.06. The molecule has 0 aliphatic rings. The first-order valence-electron chi connectivity index (χ1n) is 5.29. The van der Waals surface area contributed by atoms with Gasteiger partial charge in [-0.05, 0) is 30.3 Å². The molecule has 0 saturated heterocycles. The molecule has 1 aromatic heterocycles. The molecule has 6 heteroatoms. The molecule has 96 valence electrons. The van der Waals surface area contributed by atoms with E-state index in [4.69, 9.17) is 5.26 Å². The fourth-order valence-corrected chi connectivity index (χ4v) is 1.51. The number of nitrogens with one attached hydrogen (secondary N) is 1. The van der Waals surface area contributed by atoms with Crippen LogP contribution in [-0.4, -0.2) is 4.98 Å². The third-order valence-corrected chi connectivity index (χ3v) is 2.43. The van der Waals surface area contributed by atoms with Crippen LogP contribution in [0.3, 0.4) is 0 Å². The number of rotatable bonds is 2. The first kappa shape index (κ1) is 12.9. The zero-order valence-electron chi connectivity index (χ0n) is 9.57. The van der Waals surface area contributed by atoms with Crippen molar-refractivity contribution in [3.8, 4) is 6.07 Å². The Balaban J connectivity index is 2.41. The van der Waals surface area contributed by atoms with Crippen molar-refractivity contribution in [1.82, 2.24) is 4.98 Å². The standard InChI is InChI=1S/C13H8F3N3/c14-13(15,16)10-2-1-9(8-17)12(7-10)19-11-3-5-18-6-4-11/h1-7H,(H,18,19). The molecule has 0 spiro atoms. The second kappa shape index (κ2) is 4.98. The predicted octanol–water partition coefficient (Wildman–Crippen LogP) is 3.72. The number of alkyl halides is 3. The topological polar surface area (TPSA) is 48.7 Å². The molecule has 0 radical (unpaired) electrons. The number of hydrogen-bond donors (Lipinski definition) is 1. The average Bonchev–Trinajstić information content (AvgIpc) is 2.39. The first-order chi connectivity index (χ1) is 9.00. The summed E-state index contributed by atoms with van der Waals surface area (Å²) in [7, 11) is 0. The smallest absolute Gasteiger partial charge is 0.354 e. The second-order valence-corrected chi connectivity index (χ2v) is 3.73. The Morgan fingerprint density at radius 1 is 1.11 bits per heavy atom. The Morgan fingerprint density at radius 2 is 1.79 bits per heavy atom. The van der Waals surface area contributed by atoms with E-state index in [1.54, 1.807) is 12.1 Å². The van der Waals surface area contributed by atoms with Crippen molar-refractivity contribution in [3.63, 3.8) is 0 Å². The molecule has 0 atom stereocenters. The third-order valence-electron chi connectivity index (χ3n) is 2.43. The van der Waals surface area contributed by atoms with Crippen molar-refractivity contribution in [2.24, 2.45) is 0 Å². The minimum atomic E-state index is -4.44. The van der Waals surface area contributed by atoms with Crippen LogP contribution < -0.4 is 5.32 Å². The van der Waals surface area contributed by atoms with E-state index in [1.165, 1.54) is 12.4 Å². The Labute approximate surface area is 107 Å². The quantitative estimate of drug-likeness (QED) is 0.898. The van der Waals surface area contributed by atoms with E-state index in [1.807, 2.05) is 6.07 Å². The zero-order chi connectivity index (χ0) is 13.9. The van der Waals surface area contributed by atoms with E-state index in [2.05, 4.69) is 10.3 Å². The van der Waals surface area contributed by atoms with Crippen molar-refractivity contribution >= 4 is 11.4 Å². The maximum atomic E-state index is 12.6. The van der Waals surface area contributed by atoms with E-state index in [-0.39, 0.29) is 11.3 Å². The molecule has 0 unspecified atom stereocenters. The van der Waals surface area contributed by atoms with Crippen molar-refractivity contribution in [1.29, 1.82) is 5.26 Å². The molecule has 1 aromatic carbocycles.